The van der Waals surface area contributed by atoms with Gasteiger partial charge in [-0.05, 0) is 36.1 Å². The molecule has 2 fully saturated rings. The predicted molar refractivity (Wildman–Crippen MR) is 88.0 cm³/mol. The number of piperidine rings is 1. The highest BCUT2D eigenvalue weighted by Gasteiger charge is 2.57. The predicted octanol–water partition coefficient (Wildman–Crippen LogP) is 3.28. The number of anilines is 1. The molecule has 24 heavy (non-hydrogen) atoms. The average molecular weight is 342 g/mol. The Morgan fingerprint density at radius 2 is 1.83 bits per heavy atom. The molecule has 2 bridgehead atoms. The molecule has 3 nitrogen and oxygen atoms in total. The van der Waals surface area contributed by atoms with Gasteiger partial charge in [0.1, 0.15) is 0 Å². The van der Waals surface area contributed by atoms with E-state index in [0.717, 1.165) is 37.3 Å². The highest BCUT2D eigenvalue weighted by atomic mass is 19.4. The van der Waals surface area contributed by atoms with E-state index >= 15 is 0 Å². The third-order valence-corrected chi connectivity index (χ3v) is 5.86. The van der Waals surface area contributed by atoms with Crippen molar-refractivity contribution >= 4 is 5.69 Å². The van der Waals surface area contributed by atoms with E-state index in [0.29, 0.717) is 0 Å². The van der Waals surface area contributed by atoms with Gasteiger partial charge in [0.2, 0.25) is 0 Å². The number of nitrogens with zero attached hydrogens (tertiary/aromatic N) is 1. The van der Waals surface area contributed by atoms with Crippen LogP contribution in [0.15, 0.2) is 24.3 Å². The van der Waals surface area contributed by atoms with Gasteiger partial charge >= 0.3 is 6.18 Å². The Kier molecular flexibility index (Phi) is 4.12. The van der Waals surface area contributed by atoms with Gasteiger partial charge in [-0.3, -0.25) is 0 Å². The molecule has 3 rings (SSSR count). The molecule has 0 radical (unpaired) electrons. The van der Waals surface area contributed by atoms with E-state index in [1.165, 1.54) is 0 Å². The van der Waals surface area contributed by atoms with Gasteiger partial charge in [-0.15, -0.1) is 0 Å². The van der Waals surface area contributed by atoms with Gasteiger partial charge in [0.15, 0.2) is 0 Å². The van der Waals surface area contributed by atoms with E-state index in [4.69, 9.17) is 0 Å². The van der Waals surface area contributed by atoms with Crippen molar-refractivity contribution in [1.29, 1.82) is 0 Å². The van der Waals surface area contributed by atoms with Crippen molar-refractivity contribution < 1.29 is 18.3 Å². The fraction of sp³-hybridized carbons (Fsp3) is 0.667. The fourth-order valence-electron chi connectivity index (χ4n) is 4.40. The summed E-state index contributed by atoms with van der Waals surface area (Å²) in [6.07, 6.45) is -3.32. The van der Waals surface area contributed by atoms with Crippen LogP contribution in [0.5, 0.6) is 0 Å². The first-order valence-corrected chi connectivity index (χ1v) is 8.36. The van der Waals surface area contributed by atoms with Gasteiger partial charge in [0.05, 0.1) is 12.2 Å². The van der Waals surface area contributed by atoms with E-state index in [-0.39, 0.29) is 29.5 Å². The van der Waals surface area contributed by atoms with Crippen LogP contribution in [0, 0.1) is 10.8 Å². The number of halogens is 3. The second-order valence-corrected chi connectivity index (χ2v) is 8.13. The minimum atomic E-state index is -4.31. The molecule has 1 aromatic rings. The standard InChI is InChI=1S/C18H25F3N2O/c1-16(2,3)17-8-13(22-15(17)10-24)9-23(11-17)14-6-4-12(5-7-14)18(19,20)21/h4-7,13,15,22,24H,8-11H2,1-3H3/t13-,15+,17+/m1/s1. The van der Waals surface area contributed by atoms with Crippen LogP contribution in [-0.4, -0.2) is 36.9 Å². The van der Waals surface area contributed by atoms with E-state index in [1.54, 1.807) is 12.1 Å². The third kappa shape index (κ3) is 2.80. The number of rotatable bonds is 2. The Bertz CT molecular complexity index is 594. The van der Waals surface area contributed by atoms with Gasteiger partial charge in [-0.2, -0.15) is 13.2 Å². The molecule has 2 aliphatic rings. The average Bonchev–Trinajstić information content (AvgIpc) is 2.77. The summed E-state index contributed by atoms with van der Waals surface area (Å²) >= 11 is 0. The second kappa shape index (κ2) is 5.63. The highest BCUT2D eigenvalue weighted by molar-refractivity contribution is 5.50. The fourth-order valence-corrected chi connectivity index (χ4v) is 4.40. The molecular formula is C18H25F3N2O. The van der Waals surface area contributed by atoms with Crippen LogP contribution in [0.3, 0.4) is 0 Å². The zero-order chi connectivity index (χ0) is 17.8. The van der Waals surface area contributed by atoms with Crippen LogP contribution in [-0.2, 0) is 6.18 Å². The van der Waals surface area contributed by atoms with Gasteiger partial charge in [0, 0.05) is 36.3 Å². The molecule has 0 spiro atoms. The van der Waals surface area contributed by atoms with Gasteiger partial charge < -0.3 is 15.3 Å². The summed E-state index contributed by atoms with van der Waals surface area (Å²) in [6.45, 7) is 8.09. The van der Waals surface area contributed by atoms with Crippen LogP contribution in [0.1, 0.15) is 32.8 Å². The number of aliphatic hydroxyl groups is 1. The Morgan fingerprint density at radius 3 is 2.33 bits per heavy atom. The zero-order valence-electron chi connectivity index (χ0n) is 14.3. The minimum Gasteiger partial charge on any atom is -0.395 e. The molecule has 0 unspecified atom stereocenters. The first-order chi connectivity index (χ1) is 11.1. The topological polar surface area (TPSA) is 35.5 Å². The summed E-state index contributed by atoms with van der Waals surface area (Å²) in [6, 6.07) is 5.66. The lowest BCUT2D eigenvalue weighted by molar-refractivity contribution is -0.137. The molecule has 2 aliphatic heterocycles. The number of fused-ring (bicyclic) bond motifs is 2. The lowest BCUT2D eigenvalue weighted by Gasteiger charge is -2.50. The van der Waals surface area contributed by atoms with Crippen LogP contribution >= 0.6 is 0 Å². The first kappa shape index (κ1) is 17.5. The summed E-state index contributed by atoms with van der Waals surface area (Å²) in [5, 5.41) is 13.3. The third-order valence-electron chi connectivity index (χ3n) is 5.86. The molecule has 0 saturated carbocycles. The lowest BCUT2D eigenvalue weighted by atomic mass is 9.60. The van der Waals surface area contributed by atoms with Gasteiger partial charge in [-0.25, -0.2) is 0 Å². The molecule has 134 valence electrons. The largest absolute Gasteiger partial charge is 0.416 e. The molecule has 2 N–H and O–H groups in total. The lowest BCUT2D eigenvalue weighted by Crippen LogP contribution is -2.55. The quantitative estimate of drug-likeness (QED) is 0.866. The summed E-state index contributed by atoms with van der Waals surface area (Å²) in [5.41, 5.74) is 0.0601. The monoisotopic (exact) mass is 342 g/mol. The smallest absolute Gasteiger partial charge is 0.395 e. The number of benzene rings is 1. The number of nitrogens with one attached hydrogen (secondary N) is 1. The minimum absolute atomic E-state index is 0.0157. The molecule has 0 aromatic heterocycles. The van der Waals surface area contributed by atoms with E-state index in [2.05, 4.69) is 31.0 Å². The maximum atomic E-state index is 12.8. The Labute approximate surface area is 140 Å². The van der Waals surface area contributed by atoms with E-state index < -0.39 is 11.7 Å². The SMILES string of the molecule is CC(C)(C)[C@@]12C[C@H](CN(c3ccc(C(F)(F)F)cc3)C1)N[C@H]2CO. The maximum Gasteiger partial charge on any atom is 0.416 e. The molecule has 3 atom stereocenters. The number of hydrogen-bond acceptors (Lipinski definition) is 3. The zero-order valence-corrected chi connectivity index (χ0v) is 14.3. The van der Waals surface area contributed by atoms with Crippen molar-refractivity contribution in [2.24, 2.45) is 10.8 Å². The van der Waals surface area contributed by atoms with Crippen molar-refractivity contribution in [2.45, 2.75) is 45.5 Å². The van der Waals surface area contributed by atoms with Gasteiger partial charge in [-0.1, -0.05) is 20.8 Å². The molecule has 6 heteroatoms. The number of aliphatic hydroxyl groups excluding tert-OH is 1. The molecule has 1 aromatic carbocycles. The summed E-state index contributed by atoms with van der Waals surface area (Å²) in [7, 11) is 0. The molecular weight excluding hydrogens is 317 g/mol. The highest BCUT2D eigenvalue weighted by Crippen LogP contribution is 2.52. The number of hydrogen-bond donors (Lipinski definition) is 2. The Morgan fingerprint density at radius 1 is 1.21 bits per heavy atom. The normalized spacial score (nSPS) is 30.7. The van der Waals surface area contributed by atoms with Crippen molar-refractivity contribution in [2.75, 3.05) is 24.6 Å². The van der Waals surface area contributed by atoms with Crippen LogP contribution in [0.2, 0.25) is 0 Å². The van der Waals surface area contributed by atoms with E-state index in [1.807, 2.05) is 0 Å². The Hall–Kier alpha value is -1.27. The molecule has 0 amide bonds. The van der Waals surface area contributed by atoms with Crippen LogP contribution in [0.25, 0.3) is 0 Å². The van der Waals surface area contributed by atoms with Crippen molar-refractivity contribution in [1.82, 2.24) is 5.32 Å². The van der Waals surface area contributed by atoms with Gasteiger partial charge in [0.25, 0.3) is 0 Å². The van der Waals surface area contributed by atoms with Crippen molar-refractivity contribution in [3.05, 3.63) is 29.8 Å². The first-order valence-electron chi connectivity index (χ1n) is 8.36. The van der Waals surface area contributed by atoms with Crippen LogP contribution in [0.4, 0.5) is 18.9 Å². The van der Waals surface area contributed by atoms with Crippen molar-refractivity contribution in [3.8, 4) is 0 Å². The second-order valence-electron chi connectivity index (χ2n) is 8.13. The molecule has 2 heterocycles. The van der Waals surface area contributed by atoms with Crippen LogP contribution < -0.4 is 10.2 Å². The number of alkyl halides is 3. The summed E-state index contributed by atoms with van der Waals surface area (Å²) < 4.78 is 38.3. The van der Waals surface area contributed by atoms with E-state index in [9.17, 15) is 18.3 Å². The Balaban J connectivity index is 1.89. The molecule has 0 aliphatic carbocycles. The maximum absolute atomic E-state index is 12.8. The molecule has 2 saturated heterocycles. The summed E-state index contributed by atoms with van der Waals surface area (Å²) in [4.78, 5) is 2.15. The van der Waals surface area contributed by atoms with Crippen molar-refractivity contribution in [3.63, 3.8) is 0 Å². The summed E-state index contributed by atoms with van der Waals surface area (Å²) in [5.74, 6) is 0.